The van der Waals surface area contributed by atoms with Crippen molar-refractivity contribution in [3.05, 3.63) is 53.6 Å². The van der Waals surface area contributed by atoms with Gasteiger partial charge in [0.15, 0.2) is 0 Å². The zero-order chi connectivity index (χ0) is 8.10. The molecule has 1 heteroatoms. The van der Waals surface area contributed by atoms with Gasteiger partial charge in [-0.1, -0.05) is 54.6 Å². The highest BCUT2D eigenvalue weighted by atomic mass is 35.5. The van der Waals surface area contributed by atoms with Crippen LogP contribution in [-0.2, 0) is 0 Å². The van der Waals surface area contributed by atoms with Gasteiger partial charge in [0.1, 0.15) is 0 Å². The van der Waals surface area contributed by atoms with Crippen LogP contribution in [0.4, 0.5) is 0 Å². The standard InChI is InChI=1S/C10H9Cl/c1-2-3-6-9-7-4-5-8-10(9)11/h2-8H,1H2/b6-3-. The van der Waals surface area contributed by atoms with E-state index in [1.54, 1.807) is 6.08 Å². The third kappa shape index (κ3) is 2.24. The van der Waals surface area contributed by atoms with Gasteiger partial charge in [-0.15, -0.1) is 0 Å². The minimum Gasteiger partial charge on any atom is -0.0991 e. The Hall–Kier alpha value is -1.01. The maximum atomic E-state index is 5.87. The topological polar surface area (TPSA) is 0 Å². The van der Waals surface area contributed by atoms with Gasteiger partial charge >= 0.3 is 0 Å². The van der Waals surface area contributed by atoms with Crippen molar-refractivity contribution in [2.24, 2.45) is 0 Å². The van der Waals surface area contributed by atoms with Crippen molar-refractivity contribution < 1.29 is 0 Å². The maximum Gasteiger partial charge on any atom is 0.0478 e. The molecule has 0 aliphatic carbocycles. The lowest BCUT2D eigenvalue weighted by atomic mass is 10.2. The van der Waals surface area contributed by atoms with Crippen molar-refractivity contribution in [1.29, 1.82) is 0 Å². The van der Waals surface area contributed by atoms with Gasteiger partial charge in [0.25, 0.3) is 0 Å². The van der Waals surface area contributed by atoms with Gasteiger partial charge in [-0.3, -0.25) is 0 Å². The molecule has 0 amide bonds. The molecule has 0 aromatic heterocycles. The monoisotopic (exact) mass is 164 g/mol. The van der Waals surface area contributed by atoms with E-state index in [0.717, 1.165) is 10.6 Å². The third-order valence-electron chi connectivity index (χ3n) is 1.32. The molecular weight excluding hydrogens is 156 g/mol. The molecule has 1 rings (SSSR count). The van der Waals surface area contributed by atoms with Crippen LogP contribution >= 0.6 is 11.6 Å². The number of hydrogen-bond acceptors (Lipinski definition) is 0. The molecule has 0 nitrogen and oxygen atoms in total. The summed E-state index contributed by atoms with van der Waals surface area (Å²) in [5.74, 6) is 0. The molecule has 0 saturated heterocycles. The van der Waals surface area contributed by atoms with E-state index in [2.05, 4.69) is 6.58 Å². The fourth-order valence-corrected chi connectivity index (χ4v) is 0.981. The second-order valence-electron chi connectivity index (χ2n) is 2.12. The maximum absolute atomic E-state index is 5.87. The molecule has 0 aliphatic rings. The Balaban J connectivity index is 2.94. The van der Waals surface area contributed by atoms with Crippen LogP contribution in [0.3, 0.4) is 0 Å². The lowest BCUT2D eigenvalue weighted by molar-refractivity contribution is 1.66. The zero-order valence-corrected chi connectivity index (χ0v) is 6.88. The number of benzene rings is 1. The zero-order valence-electron chi connectivity index (χ0n) is 6.13. The minimum absolute atomic E-state index is 0.769. The number of halogens is 1. The summed E-state index contributed by atoms with van der Waals surface area (Å²) in [7, 11) is 0. The molecule has 1 aromatic rings. The molecule has 56 valence electrons. The SMILES string of the molecule is C=C/C=C\c1ccccc1Cl. The van der Waals surface area contributed by atoms with E-state index < -0.39 is 0 Å². The van der Waals surface area contributed by atoms with Gasteiger partial charge in [-0.25, -0.2) is 0 Å². The van der Waals surface area contributed by atoms with Crippen LogP contribution in [0.5, 0.6) is 0 Å². The largest absolute Gasteiger partial charge is 0.0991 e. The third-order valence-corrected chi connectivity index (χ3v) is 1.66. The van der Waals surface area contributed by atoms with Gasteiger partial charge in [0.2, 0.25) is 0 Å². The highest BCUT2D eigenvalue weighted by molar-refractivity contribution is 6.32. The van der Waals surface area contributed by atoms with E-state index in [1.807, 2.05) is 36.4 Å². The molecule has 0 atom stereocenters. The van der Waals surface area contributed by atoms with Crippen LogP contribution < -0.4 is 0 Å². The molecule has 0 N–H and O–H groups in total. The Morgan fingerprint density at radius 3 is 2.64 bits per heavy atom. The Bertz CT molecular complexity index is 274. The van der Waals surface area contributed by atoms with Gasteiger partial charge < -0.3 is 0 Å². The predicted molar refractivity (Wildman–Crippen MR) is 50.7 cm³/mol. The summed E-state index contributed by atoms with van der Waals surface area (Å²) in [6.07, 6.45) is 5.51. The van der Waals surface area contributed by atoms with Crippen molar-refractivity contribution in [3.63, 3.8) is 0 Å². The summed E-state index contributed by atoms with van der Waals surface area (Å²) in [5.41, 5.74) is 1.02. The lowest BCUT2D eigenvalue weighted by Gasteiger charge is -1.94. The smallest absolute Gasteiger partial charge is 0.0478 e. The van der Waals surface area contributed by atoms with Gasteiger partial charge in [0, 0.05) is 5.02 Å². The average molecular weight is 165 g/mol. The minimum atomic E-state index is 0.769. The molecule has 0 radical (unpaired) electrons. The summed E-state index contributed by atoms with van der Waals surface area (Å²) in [6.45, 7) is 3.58. The van der Waals surface area contributed by atoms with Crippen LogP contribution in [0.1, 0.15) is 5.56 Å². The second-order valence-corrected chi connectivity index (χ2v) is 2.52. The van der Waals surface area contributed by atoms with Crippen molar-refractivity contribution in [3.8, 4) is 0 Å². The fraction of sp³-hybridized carbons (Fsp3) is 0. The molecule has 11 heavy (non-hydrogen) atoms. The molecule has 0 unspecified atom stereocenters. The molecule has 0 heterocycles. The van der Waals surface area contributed by atoms with Crippen molar-refractivity contribution in [1.82, 2.24) is 0 Å². The van der Waals surface area contributed by atoms with E-state index in [9.17, 15) is 0 Å². The van der Waals surface area contributed by atoms with Crippen molar-refractivity contribution >= 4 is 17.7 Å². The van der Waals surface area contributed by atoms with Gasteiger partial charge in [-0.2, -0.15) is 0 Å². The molecule has 1 aromatic carbocycles. The Morgan fingerprint density at radius 2 is 2.00 bits per heavy atom. The van der Waals surface area contributed by atoms with Crippen molar-refractivity contribution in [2.45, 2.75) is 0 Å². The first-order chi connectivity index (χ1) is 5.34. The molecule has 0 saturated carbocycles. The van der Waals surface area contributed by atoms with E-state index in [4.69, 9.17) is 11.6 Å². The van der Waals surface area contributed by atoms with E-state index >= 15 is 0 Å². The van der Waals surface area contributed by atoms with E-state index in [0.29, 0.717) is 0 Å². The predicted octanol–water partition coefficient (Wildman–Crippen LogP) is 3.54. The molecule has 0 spiro atoms. The van der Waals surface area contributed by atoms with E-state index in [1.165, 1.54) is 0 Å². The molecule has 0 bridgehead atoms. The summed E-state index contributed by atoms with van der Waals surface area (Å²) in [5, 5.41) is 0.769. The first-order valence-electron chi connectivity index (χ1n) is 3.38. The highest BCUT2D eigenvalue weighted by Crippen LogP contribution is 2.15. The van der Waals surface area contributed by atoms with E-state index in [-0.39, 0.29) is 0 Å². The first-order valence-corrected chi connectivity index (χ1v) is 3.76. The quantitative estimate of drug-likeness (QED) is 0.587. The normalized spacial score (nSPS) is 10.3. The number of allylic oxidation sites excluding steroid dienone is 2. The number of rotatable bonds is 2. The summed E-state index contributed by atoms with van der Waals surface area (Å²) in [4.78, 5) is 0. The molecule has 0 fully saturated rings. The average Bonchev–Trinajstić information content (AvgIpc) is 2.03. The summed E-state index contributed by atoms with van der Waals surface area (Å²) < 4.78 is 0. The first kappa shape index (κ1) is 8.09. The summed E-state index contributed by atoms with van der Waals surface area (Å²) >= 11 is 5.87. The van der Waals surface area contributed by atoms with Crippen LogP contribution in [0.2, 0.25) is 5.02 Å². The molecule has 0 aliphatic heterocycles. The highest BCUT2D eigenvalue weighted by Gasteiger charge is 1.90. The number of hydrogen-bond donors (Lipinski definition) is 0. The van der Waals surface area contributed by atoms with Crippen LogP contribution in [-0.4, -0.2) is 0 Å². The van der Waals surface area contributed by atoms with Crippen LogP contribution in [0.25, 0.3) is 6.08 Å². The Morgan fingerprint density at radius 1 is 1.27 bits per heavy atom. The second kappa shape index (κ2) is 3.99. The Kier molecular flexibility index (Phi) is 2.94. The van der Waals surface area contributed by atoms with Gasteiger partial charge in [-0.05, 0) is 11.6 Å². The van der Waals surface area contributed by atoms with Crippen LogP contribution in [0, 0.1) is 0 Å². The molecular formula is C10H9Cl. The van der Waals surface area contributed by atoms with Crippen molar-refractivity contribution in [2.75, 3.05) is 0 Å². The summed E-state index contributed by atoms with van der Waals surface area (Å²) in [6, 6.07) is 7.69. The lowest BCUT2D eigenvalue weighted by Crippen LogP contribution is -1.71. The Labute approximate surface area is 71.8 Å². The van der Waals surface area contributed by atoms with Gasteiger partial charge in [0.05, 0.1) is 0 Å². The van der Waals surface area contributed by atoms with Crippen LogP contribution in [0.15, 0.2) is 43.0 Å². The fourth-order valence-electron chi connectivity index (χ4n) is 0.782.